The van der Waals surface area contributed by atoms with Gasteiger partial charge in [0.15, 0.2) is 24.1 Å². The molecule has 4 fully saturated rings. The highest BCUT2D eigenvalue weighted by atomic mass is 16.6. The molecule has 12 nitrogen and oxygen atoms in total. The first kappa shape index (κ1) is 35.5. The fraction of sp³-hybridized carbons (Fsp3) is 0.818. The van der Waals surface area contributed by atoms with E-state index >= 15 is 0 Å². The fourth-order valence-corrected chi connectivity index (χ4v) is 8.66. The molecule has 0 bridgehead atoms. The first-order chi connectivity index (χ1) is 20.8. The molecule has 0 aromatic rings. The third-order valence-corrected chi connectivity index (χ3v) is 11.1. The lowest BCUT2D eigenvalue weighted by atomic mass is 9.39. The number of esters is 3. The standard InChI is InChI=1S/C33H52N2O10/c1-9-30(5)19-23(38)33(41)31(6)22(37)12-13-29(3,4)27(31)26(28(43-21(2)36)32(33,7)45-30)44-25(40)20-42-24(39)11-10-14-35-17-15-34(8)16-18-35/h9,22,26-28,37,41H,1,10-20H2,2-8H3/t22-,26-,27-,28-,30-,31-,32+,33-/m0/s1. The van der Waals surface area contributed by atoms with Gasteiger partial charge in [-0.15, -0.1) is 6.58 Å². The molecule has 2 saturated carbocycles. The van der Waals surface area contributed by atoms with Crippen molar-refractivity contribution < 1.29 is 48.3 Å². The van der Waals surface area contributed by atoms with E-state index in [0.717, 1.165) is 32.7 Å². The molecule has 0 amide bonds. The highest BCUT2D eigenvalue weighted by molar-refractivity contribution is 5.92. The highest BCUT2D eigenvalue weighted by Crippen LogP contribution is 2.67. The van der Waals surface area contributed by atoms with Crippen molar-refractivity contribution in [2.24, 2.45) is 16.7 Å². The fourth-order valence-electron chi connectivity index (χ4n) is 8.66. The molecule has 254 valence electrons. The van der Waals surface area contributed by atoms with Gasteiger partial charge in [0, 0.05) is 57.3 Å². The molecule has 0 spiro atoms. The van der Waals surface area contributed by atoms with Crippen LogP contribution in [0.15, 0.2) is 12.7 Å². The Kier molecular flexibility index (Phi) is 9.99. The molecule has 8 atom stereocenters. The Bertz CT molecular complexity index is 1180. The number of hydrogen-bond donors (Lipinski definition) is 2. The minimum atomic E-state index is -2.33. The lowest BCUT2D eigenvalue weighted by Crippen LogP contribution is -2.87. The molecule has 0 aromatic heterocycles. The van der Waals surface area contributed by atoms with E-state index in [1.54, 1.807) is 13.8 Å². The number of piperazine rings is 1. The molecular weight excluding hydrogens is 584 g/mol. The summed E-state index contributed by atoms with van der Waals surface area (Å²) in [5.74, 6) is -3.61. The average molecular weight is 637 g/mol. The van der Waals surface area contributed by atoms with Crippen LogP contribution >= 0.6 is 0 Å². The van der Waals surface area contributed by atoms with Crippen molar-refractivity contribution >= 4 is 23.7 Å². The summed E-state index contributed by atoms with van der Waals surface area (Å²) in [6, 6.07) is 0. The van der Waals surface area contributed by atoms with E-state index in [1.165, 1.54) is 19.9 Å². The Balaban J connectivity index is 1.60. The molecule has 0 radical (unpaired) electrons. The first-order valence-corrected chi connectivity index (χ1v) is 16.1. The normalized spacial score (nSPS) is 40.1. The smallest absolute Gasteiger partial charge is 0.344 e. The largest absolute Gasteiger partial charge is 0.455 e. The van der Waals surface area contributed by atoms with Crippen LogP contribution in [0.5, 0.6) is 0 Å². The first-order valence-electron chi connectivity index (χ1n) is 16.1. The van der Waals surface area contributed by atoms with Gasteiger partial charge in [0.1, 0.15) is 11.7 Å². The van der Waals surface area contributed by atoms with Gasteiger partial charge >= 0.3 is 17.9 Å². The van der Waals surface area contributed by atoms with Crippen molar-refractivity contribution in [3.63, 3.8) is 0 Å². The second-order valence-electron chi connectivity index (χ2n) is 14.7. The van der Waals surface area contributed by atoms with E-state index in [9.17, 15) is 29.4 Å². The van der Waals surface area contributed by atoms with Crippen molar-refractivity contribution in [1.82, 2.24) is 9.80 Å². The SMILES string of the molecule is C=C[C@@]1(C)CC(=O)[C@]2(O)[C@@]3(C)[C@@H](O)CCC(C)(C)[C@@H]3[C@H](OC(=O)COC(=O)CCCN3CCN(C)CC3)[C@H](OC(C)=O)[C@@]2(C)O1. The topological polar surface area (TPSA) is 152 Å². The zero-order valence-electron chi connectivity index (χ0n) is 27.9. The molecule has 0 unspecified atom stereocenters. The predicted octanol–water partition coefficient (Wildman–Crippen LogP) is 1.64. The summed E-state index contributed by atoms with van der Waals surface area (Å²) in [6.07, 6.45) is -1.20. The monoisotopic (exact) mass is 636 g/mol. The third-order valence-electron chi connectivity index (χ3n) is 11.1. The van der Waals surface area contributed by atoms with Gasteiger partial charge < -0.3 is 39.0 Å². The number of nitrogens with zero attached hydrogens (tertiary/aromatic N) is 2. The van der Waals surface area contributed by atoms with Crippen molar-refractivity contribution in [1.29, 1.82) is 0 Å². The number of likely N-dealkylation sites (N-methyl/N-ethyl adjacent to an activating group) is 1. The zero-order valence-corrected chi connectivity index (χ0v) is 27.9. The third kappa shape index (κ3) is 6.20. The van der Waals surface area contributed by atoms with Crippen molar-refractivity contribution in [3.8, 4) is 0 Å². The Morgan fingerprint density at radius 2 is 1.71 bits per heavy atom. The number of fused-ring (bicyclic) bond motifs is 3. The minimum Gasteiger partial charge on any atom is -0.455 e. The molecule has 4 rings (SSSR count). The summed E-state index contributed by atoms with van der Waals surface area (Å²) >= 11 is 0. The maximum atomic E-state index is 14.1. The number of rotatable bonds is 9. The molecule has 2 heterocycles. The zero-order chi connectivity index (χ0) is 33.6. The number of ketones is 1. The van der Waals surface area contributed by atoms with Crippen LogP contribution in [-0.2, 0) is 38.1 Å². The Morgan fingerprint density at radius 1 is 1.07 bits per heavy atom. The summed E-state index contributed by atoms with van der Waals surface area (Å²) < 4.78 is 23.6. The van der Waals surface area contributed by atoms with Gasteiger partial charge in [-0.3, -0.25) is 14.4 Å². The van der Waals surface area contributed by atoms with Crippen LogP contribution in [0.25, 0.3) is 0 Å². The second kappa shape index (κ2) is 12.7. The van der Waals surface area contributed by atoms with Gasteiger partial charge in [0.25, 0.3) is 0 Å². The van der Waals surface area contributed by atoms with Gasteiger partial charge in [-0.2, -0.15) is 0 Å². The molecule has 2 aliphatic heterocycles. The molecular formula is C33H52N2O10. The maximum Gasteiger partial charge on any atom is 0.344 e. The van der Waals surface area contributed by atoms with Crippen LogP contribution in [0.4, 0.5) is 0 Å². The number of Topliss-reactive ketones (excluding diaryl/α,β-unsaturated/α-hetero) is 1. The molecule has 0 aromatic carbocycles. The summed E-state index contributed by atoms with van der Waals surface area (Å²) in [7, 11) is 2.08. The van der Waals surface area contributed by atoms with Crippen LogP contribution in [0, 0.1) is 16.7 Å². The maximum absolute atomic E-state index is 14.1. The lowest BCUT2D eigenvalue weighted by molar-refractivity contribution is -0.371. The summed E-state index contributed by atoms with van der Waals surface area (Å²) in [5, 5.41) is 24.2. The van der Waals surface area contributed by atoms with Gasteiger partial charge in [-0.25, -0.2) is 4.79 Å². The lowest BCUT2D eigenvalue weighted by Gasteiger charge is -2.71. The highest BCUT2D eigenvalue weighted by Gasteiger charge is 2.82. The van der Waals surface area contributed by atoms with Crippen LogP contribution in [0.3, 0.4) is 0 Å². The van der Waals surface area contributed by atoms with Crippen LogP contribution in [-0.4, -0.2) is 125 Å². The summed E-state index contributed by atoms with van der Waals surface area (Å²) in [6.45, 7) is 17.4. The van der Waals surface area contributed by atoms with E-state index in [1.807, 2.05) is 13.8 Å². The number of aliphatic hydroxyl groups is 2. The van der Waals surface area contributed by atoms with Crippen molar-refractivity contribution in [2.45, 2.75) is 109 Å². The van der Waals surface area contributed by atoms with E-state index in [4.69, 9.17) is 18.9 Å². The summed E-state index contributed by atoms with van der Waals surface area (Å²) in [5.41, 5.74) is -7.81. The predicted molar refractivity (Wildman–Crippen MR) is 163 cm³/mol. The van der Waals surface area contributed by atoms with Crippen molar-refractivity contribution in [2.75, 3.05) is 46.4 Å². The molecule has 2 N–H and O–H groups in total. The van der Waals surface area contributed by atoms with E-state index in [0.29, 0.717) is 12.8 Å². The van der Waals surface area contributed by atoms with Crippen LogP contribution in [0.1, 0.15) is 73.6 Å². The van der Waals surface area contributed by atoms with Gasteiger partial charge in [0.05, 0.1) is 11.7 Å². The Labute approximate surface area is 266 Å². The Hall–Kier alpha value is -2.38. The molecule has 12 heteroatoms. The van der Waals surface area contributed by atoms with Gasteiger partial charge in [-0.1, -0.05) is 26.8 Å². The quantitative estimate of drug-likeness (QED) is 0.215. The Morgan fingerprint density at radius 3 is 2.31 bits per heavy atom. The van der Waals surface area contributed by atoms with E-state index in [-0.39, 0.29) is 19.3 Å². The number of aliphatic hydroxyl groups excluding tert-OH is 1. The number of carbonyl (C=O) groups is 4. The average Bonchev–Trinajstić information content (AvgIpc) is 2.95. The second-order valence-corrected chi connectivity index (χ2v) is 14.7. The van der Waals surface area contributed by atoms with Crippen LogP contribution < -0.4 is 0 Å². The van der Waals surface area contributed by atoms with Crippen LogP contribution in [0.2, 0.25) is 0 Å². The molecule has 4 aliphatic rings. The molecule has 2 saturated heterocycles. The molecule has 45 heavy (non-hydrogen) atoms. The number of carbonyl (C=O) groups excluding carboxylic acids is 4. The van der Waals surface area contributed by atoms with Crippen molar-refractivity contribution in [3.05, 3.63) is 12.7 Å². The number of ether oxygens (including phenoxy) is 4. The molecule has 2 aliphatic carbocycles. The minimum absolute atomic E-state index is 0.139. The van der Waals surface area contributed by atoms with Gasteiger partial charge in [0.2, 0.25) is 0 Å². The van der Waals surface area contributed by atoms with E-state index < -0.39 is 82.2 Å². The van der Waals surface area contributed by atoms with E-state index in [2.05, 4.69) is 23.4 Å². The summed E-state index contributed by atoms with van der Waals surface area (Å²) in [4.78, 5) is 57.1. The number of hydrogen-bond acceptors (Lipinski definition) is 12. The van der Waals surface area contributed by atoms with Gasteiger partial charge in [-0.05, 0) is 52.1 Å².